The lowest BCUT2D eigenvalue weighted by Gasteiger charge is -2.14. The molecule has 1 saturated heterocycles. The Hall–Kier alpha value is -1.14. The second-order valence-corrected chi connectivity index (χ2v) is 7.28. The molecule has 2 rings (SSSR count). The summed E-state index contributed by atoms with van der Waals surface area (Å²) in [7, 11) is -3.17. The van der Waals surface area contributed by atoms with Crippen molar-refractivity contribution in [1.82, 2.24) is 5.32 Å². The Kier molecular flexibility index (Phi) is 4.10. The van der Waals surface area contributed by atoms with Gasteiger partial charge in [-0.05, 0) is 17.7 Å². The normalized spacial score (nSPS) is 25.2. The molecule has 19 heavy (non-hydrogen) atoms. The average Bonchev–Trinajstić information content (AvgIpc) is 2.55. The highest BCUT2D eigenvalue weighted by atomic mass is 35.5. The standard InChI is InChI=1S/C12H13ClFNO3S/c13-10-6-19(17,18)7-11(10)15-12(16)5-8-1-3-9(14)4-2-8/h1-4,10-11H,5-7H2,(H,15,16)/t10-,11+/m1/s1. The van der Waals surface area contributed by atoms with E-state index in [9.17, 15) is 17.6 Å². The third kappa shape index (κ3) is 3.91. The summed E-state index contributed by atoms with van der Waals surface area (Å²) in [5.41, 5.74) is 0.658. The lowest BCUT2D eigenvalue weighted by Crippen LogP contribution is -2.41. The van der Waals surface area contributed by atoms with E-state index in [-0.39, 0.29) is 29.7 Å². The van der Waals surface area contributed by atoms with E-state index in [2.05, 4.69) is 5.32 Å². The largest absolute Gasteiger partial charge is 0.351 e. The summed E-state index contributed by atoms with van der Waals surface area (Å²) in [6, 6.07) is 5.01. The summed E-state index contributed by atoms with van der Waals surface area (Å²) in [4.78, 5) is 11.8. The van der Waals surface area contributed by atoms with E-state index in [4.69, 9.17) is 11.6 Å². The van der Waals surface area contributed by atoms with Crippen LogP contribution in [0.5, 0.6) is 0 Å². The fourth-order valence-electron chi connectivity index (χ4n) is 1.98. The predicted octanol–water partition coefficient (Wildman–Crippen LogP) is 0.889. The average molecular weight is 306 g/mol. The number of sulfone groups is 1. The summed E-state index contributed by atoms with van der Waals surface area (Å²) >= 11 is 5.89. The molecule has 0 aromatic heterocycles. The molecule has 1 amide bonds. The minimum absolute atomic E-state index is 0.0699. The van der Waals surface area contributed by atoms with Gasteiger partial charge in [-0.3, -0.25) is 4.79 Å². The van der Waals surface area contributed by atoms with Crippen LogP contribution < -0.4 is 5.32 Å². The first kappa shape index (κ1) is 14.3. The van der Waals surface area contributed by atoms with Crippen LogP contribution >= 0.6 is 11.6 Å². The number of rotatable bonds is 3. The van der Waals surface area contributed by atoms with E-state index < -0.39 is 21.3 Å². The van der Waals surface area contributed by atoms with Crippen molar-refractivity contribution in [2.24, 2.45) is 0 Å². The summed E-state index contributed by atoms with van der Waals surface area (Å²) in [6.45, 7) is 0. The first-order valence-electron chi connectivity index (χ1n) is 5.74. The number of carbonyl (C=O) groups excluding carboxylic acids is 1. The van der Waals surface area contributed by atoms with Gasteiger partial charge in [0, 0.05) is 0 Å². The Morgan fingerprint density at radius 2 is 1.95 bits per heavy atom. The van der Waals surface area contributed by atoms with Gasteiger partial charge in [0.1, 0.15) is 5.82 Å². The van der Waals surface area contributed by atoms with E-state index in [0.717, 1.165) is 0 Å². The Morgan fingerprint density at radius 1 is 1.32 bits per heavy atom. The number of benzene rings is 1. The lowest BCUT2D eigenvalue weighted by atomic mass is 10.1. The van der Waals surface area contributed by atoms with Gasteiger partial charge in [-0.1, -0.05) is 12.1 Å². The zero-order valence-electron chi connectivity index (χ0n) is 9.97. The number of hydrogen-bond donors (Lipinski definition) is 1. The zero-order chi connectivity index (χ0) is 14.0. The molecule has 1 aromatic carbocycles. The molecule has 1 aliphatic rings. The van der Waals surface area contributed by atoms with Crippen molar-refractivity contribution in [2.75, 3.05) is 11.5 Å². The first-order chi connectivity index (χ1) is 8.85. The summed E-state index contributed by atoms with van der Waals surface area (Å²) in [5, 5.41) is 2.01. The molecule has 0 spiro atoms. The molecule has 1 N–H and O–H groups in total. The van der Waals surface area contributed by atoms with E-state index in [1.54, 1.807) is 0 Å². The minimum atomic E-state index is -3.17. The van der Waals surface area contributed by atoms with Crippen LogP contribution in [0, 0.1) is 5.82 Å². The van der Waals surface area contributed by atoms with Crippen LogP contribution in [0.25, 0.3) is 0 Å². The van der Waals surface area contributed by atoms with Gasteiger partial charge < -0.3 is 5.32 Å². The monoisotopic (exact) mass is 305 g/mol. The van der Waals surface area contributed by atoms with Gasteiger partial charge in [0.2, 0.25) is 5.91 Å². The molecule has 7 heteroatoms. The van der Waals surface area contributed by atoms with Crippen molar-refractivity contribution in [3.63, 3.8) is 0 Å². The second kappa shape index (κ2) is 5.46. The molecular weight excluding hydrogens is 293 g/mol. The Morgan fingerprint density at radius 3 is 2.47 bits per heavy atom. The van der Waals surface area contributed by atoms with Crippen LogP contribution in [0.1, 0.15) is 5.56 Å². The van der Waals surface area contributed by atoms with Crippen molar-refractivity contribution < 1.29 is 17.6 Å². The fraction of sp³-hybridized carbons (Fsp3) is 0.417. The summed E-state index contributed by atoms with van der Waals surface area (Å²) in [6.07, 6.45) is 0.0699. The first-order valence-corrected chi connectivity index (χ1v) is 8.00. The summed E-state index contributed by atoms with van der Waals surface area (Å²) < 4.78 is 35.4. The van der Waals surface area contributed by atoms with E-state index in [0.29, 0.717) is 5.56 Å². The Labute approximate surface area is 115 Å². The van der Waals surface area contributed by atoms with Gasteiger partial charge in [0.25, 0.3) is 0 Å². The number of carbonyl (C=O) groups is 1. The molecule has 0 saturated carbocycles. The lowest BCUT2D eigenvalue weighted by molar-refractivity contribution is -0.120. The SMILES string of the molecule is O=C(Cc1ccc(F)cc1)N[C@H]1CS(=O)(=O)C[C@H]1Cl. The van der Waals surface area contributed by atoms with E-state index in [1.165, 1.54) is 24.3 Å². The predicted molar refractivity (Wildman–Crippen MR) is 70.3 cm³/mol. The smallest absolute Gasteiger partial charge is 0.224 e. The third-order valence-corrected chi connectivity index (χ3v) is 5.28. The van der Waals surface area contributed by atoms with Gasteiger partial charge in [0.15, 0.2) is 9.84 Å². The quantitative estimate of drug-likeness (QED) is 0.844. The maximum Gasteiger partial charge on any atom is 0.224 e. The van der Waals surface area contributed by atoms with Gasteiger partial charge in [-0.15, -0.1) is 11.6 Å². The fourth-order valence-corrected chi connectivity index (χ4v) is 4.53. The van der Waals surface area contributed by atoms with E-state index in [1.807, 2.05) is 0 Å². The van der Waals surface area contributed by atoms with Crippen molar-refractivity contribution in [2.45, 2.75) is 17.8 Å². The highest BCUT2D eigenvalue weighted by molar-refractivity contribution is 7.91. The van der Waals surface area contributed by atoms with Crippen molar-refractivity contribution in [1.29, 1.82) is 0 Å². The van der Waals surface area contributed by atoms with Crippen LogP contribution in [-0.4, -0.2) is 37.2 Å². The van der Waals surface area contributed by atoms with Crippen LogP contribution in [0.15, 0.2) is 24.3 Å². The number of amides is 1. The molecule has 0 radical (unpaired) electrons. The maximum absolute atomic E-state index is 12.7. The molecule has 1 heterocycles. The molecule has 0 unspecified atom stereocenters. The van der Waals surface area contributed by atoms with Crippen LogP contribution in [0.3, 0.4) is 0 Å². The number of alkyl halides is 1. The Bertz CT molecular complexity index is 573. The molecule has 104 valence electrons. The Balaban J connectivity index is 1.93. The molecule has 1 aromatic rings. The minimum Gasteiger partial charge on any atom is -0.351 e. The van der Waals surface area contributed by atoms with E-state index >= 15 is 0 Å². The summed E-state index contributed by atoms with van der Waals surface area (Å²) in [5.74, 6) is -0.932. The molecule has 1 aliphatic heterocycles. The highest BCUT2D eigenvalue weighted by Gasteiger charge is 2.37. The maximum atomic E-state index is 12.7. The molecule has 2 atom stereocenters. The molecule has 0 aliphatic carbocycles. The molecule has 0 bridgehead atoms. The van der Waals surface area contributed by atoms with Crippen LogP contribution in [0.4, 0.5) is 4.39 Å². The number of halogens is 2. The van der Waals surface area contributed by atoms with Crippen LogP contribution in [-0.2, 0) is 21.1 Å². The van der Waals surface area contributed by atoms with Crippen molar-refractivity contribution >= 4 is 27.3 Å². The molecular formula is C12H13ClFNO3S. The van der Waals surface area contributed by atoms with Crippen molar-refractivity contribution in [3.8, 4) is 0 Å². The third-order valence-electron chi connectivity index (χ3n) is 2.91. The van der Waals surface area contributed by atoms with Crippen molar-refractivity contribution in [3.05, 3.63) is 35.6 Å². The van der Waals surface area contributed by atoms with Gasteiger partial charge in [0.05, 0.1) is 29.3 Å². The topological polar surface area (TPSA) is 63.2 Å². The molecule has 4 nitrogen and oxygen atoms in total. The number of hydrogen-bond acceptors (Lipinski definition) is 3. The zero-order valence-corrected chi connectivity index (χ0v) is 11.5. The molecule has 1 fully saturated rings. The number of nitrogens with one attached hydrogen (secondary N) is 1. The van der Waals surface area contributed by atoms with Crippen LogP contribution in [0.2, 0.25) is 0 Å². The highest BCUT2D eigenvalue weighted by Crippen LogP contribution is 2.18. The van der Waals surface area contributed by atoms with Gasteiger partial charge >= 0.3 is 0 Å². The van der Waals surface area contributed by atoms with Gasteiger partial charge in [-0.2, -0.15) is 0 Å². The second-order valence-electron chi connectivity index (χ2n) is 4.57. The van der Waals surface area contributed by atoms with Gasteiger partial charge in [-0.25, -0.2) is 12.8 Å².